The average molecular weight is 543 g/mol. The third-order valence-corrected chi connectivity index (χ3v) is 7.84. The minimum Gasteiger partial charge on any atom is -0.389 e. The Morgan fingerprint density at radius 1 is 0.763 bits per heavy atom. The molecule has 2 saturated carbocycles. The predicted octanol–water partition coefficient (Wildman–Crippen LogP) is 3.92. The monoisotopic (exact) mass is 542 g/mol. The number of hydrogen-bond donors (Lipinski definition) is 2. The minimum atomic E-state index is -0.376. The third-order valence-electron chi connectivity index (χ3n) is 7.84. The van der Waals surface area contributed by atoms with Crippen LogP contribution < -0.4 is 5.32 Å². The van der Waals surface area contributed by atoms with Crippen molar-refractivity contribution >= 4 is 0 Å². The van der Waals surface area contributed by atoms with Crippen LogP contribution in [0.5, 0.6) is 0 Å². The summed E-state index contributed by atoms with van der Waals surface area (Å²) in [7, 11) is 0. The van der Waals surface area contributed by atoms with Crippen LogP contribution in [0, 0.1) is 0 Å². The molecule has 0 amide bonds. The van der Waals surface area contributed by atoms with E-state index in [0.717, 1.165) is 39.4 Å². The zero-order valence-corrected chi connectivity index (χ0v) is 24.8. The van der Waals surface area contributed by atoms with Gasteiger partial charge in [-0.15, -0.1) is 0 Å². The zero-order chi connectivity index (χ0) is 27.2. The zero-order valence-electron chi connectivity index (χ0n) is 24.8. The number of rotatable bonds is 8. The quantitative estimate of drug-likeness (QED) is 0.447. The van der Waals surface area contributed by atoms with Gasteiger partial charge >= 0.3 is 0 Å². The summed E-state index contributed by atoms with van der Waals surface area (Å²) >= 11 is 0. The molecule has 5 fully saturated rings. The van der Waals surface area contributed by atoms with E-state index in [1.165, 1.54) is 64.2 Å². The number of nitrogens with zero attached hydrogens (tertiary/aromatic N) is 1. The molecule has 0 radical (unpaired) electrons. The van der Waals surface area contributed by atoms with Crippen molar-refractivity contribution in [1.82, 2.24) is 10.2 Å². The lowest BCUT2D eigenvalue weighted by Gasteiger charge is -2.36. The molecule has 5 rings (SSSR count). The van der Waals surface area contributed by atoms with Gasteiger partial charge in [0.15, 0.2) is 0 Å². The Morgan fingerprint density at radius 3 is 1.74 bits per heavy atom. The molecule has 224 valence electrons. The number of hydrogen-bond acceptors (Lipinski definition) is 8. The van der Waals surface area contributed by atoms with Crippen LogP contribution in [0.1, 0.15) is 91.9 Å². The van der Waals surface area contributed by atoms with Crippen molar-refractivity contribution in [2.24, 2.45) is 0 Å². The molecule has 8 heteroatoms. The lowest BCUT2D eigenvalue weighted by atomic mass is 9.98. The summed E-state index contributed by atoms with van der Waals surface area (Å²) in [6, 6.07) is 0. The summed E-state index contributed by atoms with van der Waals surface area (Å²) in [4.78, 5) is 2.29. The van der Waals surface area contributed by atoms with Gasteiger partial charge in [0.1, 0.15) is 6.10 Å². The van der Waals surface area contributed by atoms with E-state index in [2.05, 4.69) is 37.9 Å². The number of aliphatic hydroxyl groups is 1. The van der Waals surface area contributed by atoms with Gasteiger partial charge in [0, 0.05) is 32.7 Å². The number of ether oxygens (including phenoxy) is 5. The van der Waals surface area contributed by atoms with Gasteiger partial charge in [0.2, 0.25) is 0 Å². The Labute approximate surface area is 232 Å². The van der Waals surface area contributed by atoms with Crippen LogP contribution >= 0.6 is 0 Å². The van der Waals surface area contributed by atoms with Crippen molar-refractivity contribution in [3.8, 4) is 0 Å². The van der Waals surface area contributed by atoms with Crippen molar-refractivity contribution in [3.05, 3.63) is 0 Å². The maximum Gasteiger partial charge on any atom is 0.104 e. The largest absolute Gasteiger partial charge is 0.389 e. The summed E-state index contributed by atoms with van der Waals surface area (Å²) in [5.41, 5.74) is 0. The Balaban J connectivity index is 0.000000176. The normalized spacial score (nSPS) is 33.9. The second kappa shape index (κ2) is 18.2. The van der Waals surface area contributed by atoms with E-state index in [0.29, 0.717) is 43.7 Å². The molecular formula is C30H58N2O6. The highest BCUT2D eigenvalue weighted by atomic mass is 16.6. The summed E-state index contributed by atoms with van der Waals surface area (Å²) < 4.78 is 27.7. The molecule has 0 aromatic heterocycles. The van der Waals surface area contributed by atoms with Crippen molar-refractivity contribution in [3.63, 3.8) is 0 Å². The van der Waals surface area contributed by atoms with E-state index < -0.39 is 0 Å². The molecule has 2 aliphatic carbocycles. The van der Waals surface area contributed by atoms with Gasteiger partial charge in [-0.25, -0.2) is 0 Å². The highest BCUT2D eigenvalue weighted by Gasteiger charge is 2.25. The fourth-order valence-corrected chi connectivity index (χ4v) is 5.89. The van der Waals surface area contributed by atoms with Crippen LogP contribution in [0.15, 0.2) is 0 Å². The Bertz CT molecular complexity index is 579. The average Bonchev–Trinajstić information content (AvgIpc) is 3.72. The van der Waals surface area contributed by atoms with Crippen LogP contribution in [0.25, 0.3) is 0 Å². The number of aliphatic hydroxyl groups excluding tert-OH is 1. The van der Waals surface area contributed by atoms with Gasteiger partial charge < -0.3 is 34.1 Å². The number of β-amino-alcohol motifs (C(OH)–C–C–N with tert-alkyl or cyclic N) is 1. The highest BCUT2D eigenvalue weighted by Crippen LogP contribution is 2.22. The molecule has 0 spiro atoms. The molecule has 6 unspecified atom stereocenters. The lowest BCUT2D eigenvalue weighted by molar-refractivity contribution is -0.0873. The van der Waals surface area contributed by atoms with E-state index in [-0.39, 0.29) is 18.3 Å². The lowest BCUT2D eigenvalue weighted by Crippen LogP contribution is -2.48. The fraction of sp³-hybridized carbons (Fsp3) is 1.00. The van der Waals surface area contributed by atoms with Crippen LogP contribution in [-0.2, 0) is 23.7 Å². The molecule has 3 heterocycles. The molecule has 5 aliphatic rings. The fourth-order valence-electron chi connectivity index (χ4n) is 5.89. The van der Waals surface area contributed by atoms with E-state index >= 15 is 0 Å². The molecule has 0 aromatic carbocycles. The van der Waals surface area contributed by atoms with Crippen molar-refractivity contribution in [2.75, 3.05) is 52.5 Å². The summed E-state index contributed by atoms with van der Waals surface area (Å²) in [6.45, 7) is 15.1. The minimum absolute atomic E-state index is 0.259. The van der Waals surface area contributed by atoms with Gasteiger partial charge in [-0.3, -0.25) is 4.90 Å². The molecule has 6 atom stereocenters. The van der Waals surface area contributed by atoms with Crippen LogP contribution in [0.2, 0.25) is 0 Å². The standard InChI is InChI=1S/C15H29NO3.C9H16O2.C6H13NO/c1-12-8-16(9-13(2)19-12)10-14(17)11-18-15-6-4-3-5-7-15;1-2-4-8(5-3-1)10-6-9-7-11-9;1-5-3-7-4-6(2)8-5/h12-15,17H,3-11H2,1-2H3;8-9H,1-7H2;5-7H,3-4H2,1-2H3. The van der Waals surface area contributed by atoms with Gasteiger partial charge in [0.05, 0.1) is 62.5 Å². The Hall–Kier alpha value is -0.320. The number of morpholine rings is 2. The van der Waals surface area contributed by atoms with Crippen molar-refractivity contribution < 1.29 is 28.8 Å². The van der Waals surface area contributed by atoms with Crippen LogP contribution in [0.4, 0.5) is 0 Å². The number of nitrogens with one attached hydrogen (secondary N) is 1. The highest BCUT2D eigenvalue weighted by molar-refractivity contribution is 4.76. The van der Waals surface area contributed by atoms with E-state index in [1.54, 1.807) is 0 Å². The topological polar surface area (TPSA) is 85.0 Å². The van der Waals surface area contributed by atoms with Gasteiger partial charge in [-0.05, 0) is 53.4 Å². The smallest absolute Gasteiger partial charge is 0.104 e. The van der Waals surface area contributed by atoms with Crippen LogP contribution in [-0.4, -0.2) is 111 Å². The van der Waals surface area contributed by atoms with Gasteiger partial charge in [0.25, 0.3) is 0 Å². The Kier molecular flexibility index (Phi) is 15.4. The van der Waals surface area contributed by atoms with Gasteiger partial charge in [-0.1, -0.05) is 38.5 Å². The molecule has 0 aromatic rings. The number of epoxide rings is 1. The molecule has 8 nitrogen and oxygen atoms in total. The predicted molar refractivity (Wildman–Crippen MR) is 151 cm³/mol. The van der Waals surface area contributed by atoms with Crippen LogP contribution in [0.3, 0.4) is 0 Å². The first kappa shape index (κ1) is 32.2. The van der Waals surface area contributed by atoms with E-state index in [4.69, 9.17) is 23.7 Å². The maximum absolute atomic E-state index is 10.1. The van der Waals surface area contributed by atoms with Crippen molar-refractivity contribution in [1.29, 1.82) is 0 Å². The maximum atomic E-state index is 10.1. The molecular weight excluding hydrogens is 484 g/mol. The van der Waals surface area contributed by atoms with Gasteiger partial charge in [-0.2, -0.15) is 0 Å². The first-order valence-electron chi connectivity index (χ1n) is 15.6. The summed E-state index contributed by atoms with van der Waals surface area (Å²) in [6.07, 6.45) is 15.2. The molecule has 3 saturated heterocycles. The van der Waals surface area contributed by atoms with E-state index in [9.17, 15) is 5.11 Å². The second-order valence-corrected chi connectivity index (χ2v) is 12.2. The summed E-state index contributed by atoms with van der Waals surface area (Å²) in [5, 5.41) is 13.4. The summed E-state index contributed by atoms with van der Waals surface area (Å²) in [5.74, 6) is 0. The third kappa shape index (κ3) is 14.4. The molecule has 2 N–H and O–H groups in total. The Morgan fingerprint density at radius 2 is 1.26 bits per heavy atom. The molecule has 0 bridgehead atoms. The van der Waals surface area contributed by atoms with E-state index in [1.807, 2.05) is 0 Å². The SMILES string of the molecule is C1CCC(OCC2CO2)CC1.CC1CN(CC(O)COC2CCCCC2)CC(C)O1.CC1CNCC(C)O1. The first-order valence-corrected chi connectivity index (χ1v) is 15.6. The molecule has 3 aliphatic heterocycles. The van der Waals surface area contributed by atoms with Crippen molar-refractivity contribution in [2.45, 2.75) is 141 Å². The first-order chi connectivity index (χ1) is 18.4. The molecule has 38 heavy (non-hydrogen) atoms. The second-order valence-electron chi connectivity index (χ2n) is 12.2.